The summed E-state index contributed by atoms with van der Waals surface area (Å²) >= 11 is 0. The van der Waals surface area contributed by atoms with E-state index in [0.717, 1.165) is 6.42 Å². The van der Waals surface area contributed by atoms with Crippen molar-refractivity contribution in [2.75, 3.05) is 0 Å². The van der Waals surface area contributed by atoms with Crippen molar-refractivity contribution in [2.45, 2.75) is 26.4 Å². The predicted molar refractivity (Wildman–Crippen MR) is 69.0 cm³/mol. The number of aryl methyl sites for hydroxylation is 1. The summed E-state index contributed by atoms with van der Waals surface area (Å²) in [5.74, 6) is 0.671. The minimum Gasteiger partial charge on any atom is -0.473 e. The van der Waals surface area contributed by atoms with Crippen molar-refractivity contribution in [3.63, 3.8) is 0 Å². The zero-order valence-corrected chi connectivity index (χ0v) is 10.1. The quantitative estimate of drug-likeness (QED) is 0.778. The molecule has 0 atom stereocenters. The first-order valence-corrected chi connectivity index (χ1v) is 6.00. The summed E-state index contributed by atoms with van der Waals surface area (Å²) < 4.78 is 5.58. The molecular formula is C15H17NO. The monoisotopic (exact) mass is 227 g/mol. The van der Waals surface area contributed by atoms with Crippen molar-refractivity contribution in [3.05, 3.63) is 59.8 Å². The molecule has 2 rings (SSSR count). The molecule has 0 radical (unpaired) electrons. The van der Waals surface area contributed by atoms with Gasteiger partial charge < -0.3 is 4.74 Å². The molecular weight excluding hydrogens is 210 g/mol. The highest BCUT2D eigenvalue weighted by atomic mass is 16.5. The summed E-state index contributed by atoms with van der Waals surface area (Å²) in [4.78, 5) is 4.12. The first kappa shape index (κ1) is 11.6. The van der Waals surface area contributed by atoms with Crippen LogP contribution in [0.3, 0.4) is 0 Å². The Morgan fingerprint density at radius 2 is 1.76 bits per heavy atom. The minimum absolute atomic E-state index is 0.573. The van der Waals surface area contributed by atoms with Gasteiger partial charge in [0.2, 0.25) is 5.88 Å². The van der Waals surface area contributed by atoms with Crippen molar-refractivity contribution in [1.82, 2.24) is 4.98 Å². The maximum absolute atomic E-state index is 5.58. The highest BCUT2D eigenvalue weighted by molar-refractivity contribution is 5.22. The summed E-state index contributed by atoms with van der Waals surface area (Å²) in [7, 11) is 0. The van der Waals surface area contributed by atoms with Gasteiger partial charge in [0.05, 0.1) is 0 Å². The molecule has 0 bridgehead atoms. The lowest BCUT2D eigenvalue weighted by atomic mass is 10.1. The van der Waals surface area contributed by atoms with E-state index in [4.69, 9.17) is 4.74 Å². The van der Waals surface area contributed by atoms with Crippen LogP contribution in [-0.2, 0) is 13.0 Å². The van der Waals surface area contributed by atoms with E-state index in [9.17, 15) is 0 Å². The molecule has 88 valence electrons. The SMILES string of the molecule is CCCc1ccc(COc2ccccn2)cc1. The average Bonchev–Trinajstić information content (AvgIpc) is 2.40. The fourth-order valence-corrected chi connectivity index (χ4v) is 1.68. The molecule has 1 heterocycles. The van der Waals surface area contributed by atoms with Gasteiger partial charge in [0.1, 0.15) is 6.61 Å². The Balaban J connectivity index is 1.91. The lowest BCUT2D eigenvalue weighted by Gasteiger charge is -2.05. The van der Waals surface area contributed by atoms with Gasteiger partial charge in [-0.1, -0.05) is 43.7 Å². The summed E-state index contributed by atoms with van der Waals surface area (Å²) in [5, 5.41) is 0. The van der Waals surface area contributed by atoms with Gasteiger partial charge in [-0.2, -0.15) is 0 Å². The van der Waals surface area contributed by atoms with Crippen LogP contribution >= 0.6 is 0 Å². The average molecular weight is 227 g/mol. The van der Waals surface area contributed by atoms with Crippen molar-refractivity contribution in [3.8, 4) is 5.88 Å². The topological polar surface area (TPSA) is 22.1 Å². The van der Waals surface area contributed by atoms with Crippen LogP contribution in [0.5, 0.6) is 5.88 Å². The number of pyridine rings is 1. The molecule has 1 aromatic carbocycles. The maximum atomic E-state index is 5.58. The van der Waals surface area contributed by atoms with E-state index < -0.39 is 0 Å². The summed E-state index contributed by atoms with van der Waals surface area (Å²) in [6, 6.07) is 14.2. The third-order valence-electron chi connectivity index (χ3n) is 2.59. The zero-order valence-electron chi connectivity index (χ0n) is 10.1. The number of rotatable bonds is 5. The first-order chi connectivity index (χ1) is 8.38. The lowest BCUT2D eigenvalue weighted by molar-refractivity contribution is 0.294. The molecule has 2 nitrogen and oxygen atoms in total. The van der Waals surface area contributed by atoms with Gasteiger partial charge in [-0.05, 0) is 23.6 Å². The van der Waals surface area contributed by atoms with Gasteiger partial charge in [-0.25, -0.2) is 4.98 Å². The van der Waals surface area contributed by atoms with Gasteiger partial charge in [0.15, 0.2) is 0 Å². The minimum atomic E-state index is 0.573. The fraction of sp³-hybridized carbons (Fsp3) is 0.267. The molecule has 0 amide bonds. The molecule has 0 aliphatic carbocycles. The Labute approximate surface area is 102 Å². The molecule has 0 aliphatic rings. The van der Waals surface area contributed by atoms with Crippen LogP contribution in [0.25, 0.3) is 0 Å². The van der Waals surface area contributed by atoms with Crippen LogP contribution in [0.1, 0.15) is 24.5 Å². The van der Waals surface area contributed by atoms with Gasteiger partial charge in [0, 0.05) is 12.3 Å². The molecule has 0 unspecified atom stereocenters. The summed E-state index contributed by atoms with van der Waals surface area (Å²) in [6.45, 7) is 2.77. The second-order valence-corrected chi connectivity index (χ2v) is 4.02. The number of aromatic nitrogens is 1. The number of nitrogens with zero attached hydrogens (tertiary/aromatic N) is 1. The highest BCUT2D eigenvalue weighted by Crippen LogP contribution is 2.10. The smallest absolute Gasteiger partial charge is 0.213 e. The molecule has 0 saturated heterocycles. The third-order valence-corrected chi connectivity index (χ3v) is 2.59. The van der Waals surface area contributed by atoms with E-state index in [1.54, 1.807) is 6.20 Å². The Morgan fingerprint density at radius 1 is 1.00 bits per heavy atom. The van der Waals surface area contributed by atoms with E-state index in [2.05, 4.69) is 36.2 Å². The molecule has 2 aromatic rings. The predicted octanol–water partition coefficient (Wildman–Crippen LogP) is 3.61. The largest absolute Gasteiger partial charge is 0.473 e. The van der Waals surface area contributed by atoms with Crippen LogP contribution in [-0.4, -0.2) is 4.98 Å². The molecule has 1 aromatic heterocycles. The van der Waals surface area contributed by atoms with Crippen molar-refractivity contribution >= 4 is 0 Å². The standard InChI is InChI=1S/C15H17NO/c1-2-5-13-7-9-14(10-8-13)12-17-15-6-3-4-11-16-15/h3-4,6-11H,2,5,12H2,1H3. The van der Waals surface area contributed by atoms with Crippen molar-refractivity contribution in [2.24, 2.45) is 0 Å². The maximum Gasteiger partial charge on any atom is 0.213 e. The number of ether oxygens (including phenoxy) is 1. The van der Waals surface area contributed by atoms with Crippen LogP contribution in [0.2, 0.25) is 0 Å². The third kappa shape index (κ3) is 3.59. The van der Waals surface area contributed by atoms with Gasteiger partial charge in [-0.3, -0.25) is 0 Å². The number of benzene rings is 1. The fourth-order valence-electron chi connectivity index (χ4n) is 1.68. The normalized spacial score (nSPS) is 10.2. The first-order valence-electron chi connectivity index (χ1n) is 6.00. The zero-order chi connectivity index (χ0) is 11.9. The van der Waals surface area contributed by atoms with Crippen LogP contribution in [0, 0.1) is 0 Å². The number of hydrogen-bond acceptors (Lipinski definition) is 2. The van der Waals surface area contributed by atoms with Crippen molar-refractivity contribution < 1.29 is 4.74 Å². The van der Waals surface area contributed by atoms with Gasteiger partial charge in [0.25, 0.3) is 0 Å². The Bertz CT molecular complexity index is 436. The van der Waals surface area contributed by atoms with E-state index >= 15 is 0 Å². The van der Waals surface area contributed by atoms with Crippen LogP contribution < -0.4 is 4.74 Å². The molecule has 0 saturated carbocycles. The lowest BCUT2D eigenvalue weighted by Crippen LogP contribution is -1.97. The van der Waals surface area contributed by atoms with E-state index in [-0.39, 0.29) is 0 Å². The Morgan fingerprint density at radius 3 is 2.41 bits per heavy atom. The molecule has 2 heteroatoms. The van der Waals surface area contributed by atoms with E-state index in [1.807, 2.05) is 18.2 Å². The second-order valence-electron chi connectivity index (χ2n) is 4.02. The van der Waals surface area contributed by atoms with E-state index in [1.165, 1.54) is 17.5 Å². The van der Waals surface area contributed by atoms with Gasteiger partial charge in [-0.15, -0.1) is 0 Å². The van der Waals surface area contributed by atoms with Gasteiger partial charge >= 0.3 is 0 Å². The van der Waals surface area contributed by atoms with E-state index in [0.29, 0.717) is 12.5 Å². The van der Waals surface area contributed by atoms with Crippen LogP contribution in [0.4, 0.5) is 0 Å². The molecule has 17 heavy (non-hydrogen) atoms. The Hall–Kier alpha value is -1.83. The molecule has 0 spiro atoms. The van der Waals surface area contributed by atoms with Crippen molar-refractivity contribution in [1.29, 1.82) is 0 Å². The second kappa shape index (κ2) is 6.04. The summed E-state index contributed by atoms with van der Waals surface area (Å²) in [6.07, 6.45) is 4.06. The highest BCUT2D eigenvalue weighted by Gasteiger charge is 1.97. The Kier molecular flexibility index (Phi) is 4.14. The molecule has 0 aliphatic heterocycles. The molecule has 0 fully saturated rings. The van der Waals surface area contributed by atoms with Crippen LogP contribution in [0.15, 0.2) is 48.7 Å². The number of hydrogen-bond donors (Lipinski definition) is 0. The molecule has 0 N–H and O–H groups in total. The summed E-state index contributed by atoms with van der Waals surface area (Å²) in [5.41, 5.74) is 2.56.